The molecule has 0 amide bonds. The van der Waals surface area contributed by atoms with Gasteiger partial charge in [0.2, 0.25) is 5.88 Å². The van der Waals surface area contributed by atoms with Crippen LogP contribution in [0.25, 0.3) is 0 Å². The Morgan fingerprint density at radius 2 is 2.06 bits per heavy atom. The van der Waals surface area contributed by atoms with Gasteiger partial charge in [0, 0.05) is 19.1 Å². The van der Waals surface area contributed by atoms with Gasteiger partial charge in [-0.1, -0.05) is 0 Å². The molecule has 0 saturated heterocycles. The Balaban J connectivity index is 3.10. The highest BCUT2D eigenvalue weighted by atomic mass is 16.5. The minimum Gasteiger partial charge on any atom is -0.478 e. The third-order valence-electron chi connectivity index (χ3n) is 3.02. The van der Waals surface area contributed by atoms with E-state index in [1.54, 1.807) is 0 Å². The average Bonchev–Trinajstić information content (AvgIpc) is 2.31. The van der Waals surface area contributed by atoms with Crippen LogP contribution in [0.3, 0.4) is 0 Å². The average molecular weight is 238 g/mol. The largest absolute Gasteiger partial charge is 0.478 e. The Morgan fingerprint density at radius 3 is 2.59 bits per heavy atom. The molecule has 2 N–H and O–H groups in total. The molecule has 0 saturated carbocycles. The summed E-state index contributed by atoms with van der Waals surface area (Å²) in [6, 6.07) is 0. The van der Waals surface area contributed by atoms with Crippen LogP contribution in [0.15, 0.2) is 6.33 Å². The lowest BCUT2D eigenvalue weighted by Gasteiger charge is -2.36. The van der Waals surface area contributed by atoms with E-state index in [4.69, 9.17) is 10.5 Å². The molecule has 0 bridgehead atoms. The summed E-state index contributed by atoms with van der Waals surface area (Å²) in [5.41, 5.74) is 6.57. The van der Waals surface area contributed by atoms with Crippen molar-refractivity contribution in [2.75, 3.05) is 25.1 Å². The Labute approximate surface area is 103 Å². The molecular weight excluding hydrogens is 216 g/mol. The van der Waals surface area contributed by atoms with Crippen LogP contribution in [0, 0.1) is 6.92 Å². The zero-order valence-corrected chi connectivity index (χ0v) is 11.3. The second-order valence-electron chi connectivity index (χ2n) is 4.64. The summed E-state index contributed by atoms with van der Waals surface area (Å²) in [6.45, 7) is 9.21. The van der Waals surface area contributed by atoms with Crippen molar-refractivity contribution in [1.82, 2.24) is 9.97 Å². The van der Waals surface area contributed by atoms with Gasteiger partial charge in [0.15, 0.2) is 0 Å². The lowest BCUT2D eigenvalue weighted by Crippen LogP contribution is -2.48. The molecule has 1 rings (SSSR count). The number of nitrogens with zero attached hydrogens (tertiary/aromatic N) is 3. The minimum absolute atomic E-state index is 0.150. The second kappa shape index (κ2) is 5.31. The van der Waals surface area contributed by atoms with Crippen LogP contribution in [0.2, 0.25) is 0 Å². The smallest absolute Gasteiger partial charge is 0.221 e. The first-order valence-corrected chi connectivity index (χ1v) is 5.82. The zero-order valence-electron chi connectivity index (χ0n) is 11.3. The maximum Gasteiger partial charge on any atom is 0.221 e. The fourth-order valence-corrected chi connectivity index (χ4v) is 1.47. The van der Waals surface area contributed by atoms with Gasteiger partial charge in [-0.05, 0) is 27.7 Å². The Bertz CT molecular complexity index is 379. The molecule has 0 aliphatic heterocycles. The molecule has 1 heterocycles. The molecule has 1 aromatic rings. The van der Waals surface area contributed by atoms with Crippen molar-refractivity contribution in [1.29, 1.82) is 0 Å². The summed E-state index contributed by atoms with van der Waals surface area (Å²) in [7, 11) is 1.98. The number of nitrogens with two attached hydrogens (primary N) is 1. The van der Waals surface area contributed by atoms with E-state index in [1.165, 1.54) is 6.33 Å². The van der Waals surface area contributed by atoms with Crippen LogP contribution in [0.5, 0.6) is 5.88 Å². The second-order valence-corrected chi connectivity index (χ2v) is 4.64. The van der Waals surface area contributed by atoms with E-state index in [0.717, 1.165) is 11.4 Å². The summed E-state index contributed by atoms with van der Waals surface area (Å²) in [5.74, 6) is 1.50. The number of ether oxygens (including phenoxy) is 1. The van der Waals surface area contributed by atoms with Crippen LogP contribution in [-0.4, -0.2) is 35.7 Å². The molecule has 96 valence electrons. The molecule has 0 aromatic carbocycles. The van der Waals surface area contributed by atoms with Gasteiger partial charge >= 0.3 is 0 Å². The van der Waals surface area contributed by atoms with E-state index in [2.05, 4.69) is 28.7 Å². The maximum atomic E-state index is 5.78. The van der Waals surface area contributed by atoms with Gasteiger partial charge in [-0.25, -0.2) is 9.97 Å². The summed E-state index contributed by atoms with van der Waals surface area (Å²) < 4.78 is 5.46. The molecule has 0 aliphatic carbocycles. The fraction of sp³-hybridized carbons (Fsp3) is 0.667. The molecule has 5 heteroatoms. The summed E-state index contributed by atoms with van der Waals surface area (Å²) in [6.07, 6.45) is 1.52. The van der Waals surface area contributed by atoms with Gasteiger partial charge in [0.25, 0.3) is 0 Å². The first-order valence-electron chi connectivity index (χ1n) is 5.82. The molecule has 0 radical (unpaired) electrons. The Kier molecular flexibility index (Phi) is 4.28. The van der Waals surface area contributed by atoms with Crippen LogP contribution in [0.4, 0.5) is 5.82 Å². The molecule has 1 aromatic heterocycles. The Morgan fingerprint density at radius 1 is 1.41 bits per heavy atom. The van der Waals surface area contributed by atoms with Crippen molar-refractivity contribution in [3.05, 3.63) is 11.9 Å². The third kappa shape index (κ3) is 2.85. The van der Waals surface area contributed by atoms with Crippen molar-refractivity contribution in [3.63, 3.8) is 0 Å². The number of likely N-dealkylation sites (N-methyl/N-ethyl adjacent to an activating group) is 1. The van der Waals surface area contributed by atoms with Crippen molar-refractivity contribution < 1.29 is 4.74 Å². The quantitative estimate of drug-likeness (QED) is 0.839. The number of aromatic nitrogens is 2. The van der Waals surface area contributed by atoms with E-state index in [1.807, 2.05) is 20.9 Å². The first kappa shape index (κ1) is 13.7. The molecule has 0 spiro atoms. The molecule has 5 nitrogen and oxygen atoms in total. The predicted molar refractivity (Wildman–Crippen MR) is 69.5 cm³/mol. The lowest BCUT2D eigenvalue weighted by molar-refractivity contribution is 0.323. The highest BCUT2D eigenvalue weighted by Gasteiger charge is 2.25. The summed E-state index contributed by atoms with van der Waals surface area (Å²) >= 11 is 0. The van der Waals surface area contributed by atoms with Crippen LogP contribution in [0.1, 0.15) is 26.3 Å². The van der Waals surface area contributed by atoms with Crippen LogP contribution in [-0.2, 0) is 0 Å². The summed E-state index contributed by atoms with van der Waals surface area (Å²) in [4.78, 5) is 10.5. The van der Waals surface area contributed by atoms with Crippen molar-refractivity contribution in [3.8, 4) is 5.88 Å². The molecule has 0 atom stereocenters. The van der Waals surface area contributed by atoms with Gasteiger partial charge in [-0.15, -0.1) is 0 Å². The number of rotatable bonds is 5. The number of anilines is 1. The number of hydrogen-bond acceptors (Lipinski definition) is 5. The van der Waals surface area contributed by atoms with Crippen LogP contribution >= 0.6 is 0 Å². The van der Waals surface area contributed by atoms with E-state index < -0.39 is 0 Å². The highest BCUT2D eigenvalue weighted by Crippen LogP contribution is 2.27. The molecular formula is C12H22N4O. The van der Waals surface area contributed by atoms with Gasteiger partial charge in [0.05, 0.1) is 12.2 Å². The monoisotopic (exact) mass is 238 g/mol. The Hall–Kier alpha value is -1.36. The van der Waals surface area contributed by atoms with Crippen molar-refractivity contribution in [2.24, 2.45) is 5.73 Å². The van der Waals surface area contributed by atoms with Gasteiger partial charge < -0.3 is 15.4 Å². The normalized spacial score (nSPS) is 11.4. The van der Waals surface area contributed by atoms with Gasteiger partial charge in [0.1, 0.15) is 12.1 Å². The van der Waals surface area contributed by atoms with Gasteiger partial charge in [-0.3, -0.25) is 0 Å². The molecule has 0 unspecified atom stereocenters. The molecule has 0 aliphatic rings. The topological polar surface area (TPSA) is 64.3 Å². The van der Waals surface area contributed by atoms with Crippen molar-refractivity contribution in [2.45, 2.75) is 33.2 Å². The van der Waals surface area contributed by atoms with E-state index in [-0.39, 0.29) is 5.54 Å². The van der Waals surface area contributed by atoms with E-state index >= 15 is 0 Å². The summed E-state index contributed by atoms with van der Waals surface area (Å²) in [5, 5.41) is 0. The SMILES string of the molecule is CCOc1ncnc(N(C)C(C)(C)CN)c1C. The number of hydrogen-bond donors (Lipinski definition) is 1. The lowest BCUT2D eigenvalue weighted by atomic mass is 10.0. The zero-order chi connectivity index (χ0) is 13.1. The van der Waals surface area contributed by atoms with Crippen LogP contribution < -0.4 is 15.4 Å². The van der Waals surface area contributed by atoms with E-state index in [0.29, 0.717) is 19.0 Å². The van der Waals surface area contributed by atoms with Crippen molar-refractivity contribution >= 4 is 5.82 Å². The highest BCUT2D eigenvalue weighted by molar-refractivity contribution is 5.51. The fourth-order valence-electron chi connectivity index (χ4n) is 1.47. The maximum absolute atomic E-state index is 5.78. The molecule has 0 fully saturated rings. The standard InChI is InChI=1S/C12H22N4O/c1-6-17-11-9(2)10(14-8-15-11)16(5)12(3,4)7-13/h8H,6-7,13H2,1-5H3. The van der Waals surface area contributed by atoms with Gasteiger partial charge in [-0.2, -0.15) is 0 Å². The minimum atomic E-state index is -0.150. The predicted octanol–water partition coefficient (Wildman–Crippen LogP) is 1.36. The van der Waals surface area contributed by atoms with E-state index in [9.17, 15) is 0 Å². The molecule has 17 heavy (non-hydrogen) atoms. The third-order valence-corrected chi connectivity index (χ3v) is 3.02. The first-order chi connectivity index (χ1) is 7.94.